The lowest BCUT2D eigenvalue weighted by Crippen LogP contribution is -2.13. The van der Waals surface area contributed by atoms with Crippen LogP contribution in [0.15, 0.2) is 77.7 Å². The van der Waals surface area contributed by atoms with E-state index in [-0.39, 0.29) is 4.90 Å². The van der Waals surface area contributed by atoms with Gasteiger partial charge in [0.1, 0.15) is 12.4 Å². The Bertz CT molecular complexity index is 982. The monoisotopic (exact) mass is 367 g/mol. The Kier molecular flexibility index (Phi) is 5.28. The fraction of sp³-hybridized carbons (Fsp3) is 0.143. The summed E-state index contributed by atoms with van der Waals surface area (Å²) in [5.74, 6) is 0.683. The van der Waals surface area contributed by atoms with Crippen molar-refractivity contribution in [1.82, 2.24) is 0 Å². The average Bonchev–Trinajstić information content (AvgIpc) is 2.64. The lowest BCUT2D eigenvalue weighted by Gasteiger charge is -2.11. The maximum Gasteiger partial charge on any atom is 0.261 e. The number of ether oxygens (including phenoxy) is 1. The highest BCUT2D eigenvalue weighted by molar-refractivity contribution is 7.92. The van der Waals surface area contributed by atoms with Crippen molar-refractivity contribution in [3.05, 3.63) is 89.5 Å². The first-order valence-electron chi connectivity index (χ1n) is 8.31. The van der Waals surface area contributed by atoms with E-state index in [9.17, 15) is 8.42 Å². The van der Waals surface area contributed by atoms with Gasteiger partial charge >= 0.3 is 0 Å². The molecule has 0 heterocycles. The average molecular weight is 367 g/mol. The van der Waals surface area contributed by atoms with Crippen LogP contribution >= 0.6 is 0 Å². The largest absolute Gasteiger partial charge is 0.489 e. The van der Waals surface area contributed by atoms with Crippen LogP contribution in [0.2, 0.25) is 0 Å². The van der Waals surface area contributed by atoms with Gasteiger partial charge in [-0.05, 0) is 66.9 Å². The minimum Gasteiger partial charge on any atom is -0.489 e. The maximum atomic E-state index is 12.5. The van der Waals surface area contributed by atoms with Gasteiger partial charge in [0.05, 0.1) is 4.90 Å². The van der Waals surface area contributed by atoms with Gasteiger partial charge in [-0.2, -0.15) is 0 Å². The first-order chi connectivity index (χ1) is 12.4. The number of aryl methyl sites for hydroxylation is 2. The van der Waals surface area contributed by atoms with Crippen molar-refractivity contribution < 1.29 is 13.2 Å². The van der Waals surface area contributed by atoms with Crippen molar-refractivity contribution >= 4 is 15.7 Å². The molecule has 134 valence electrons. The molecular weight excluding hydrogens is 346 g/mol. The second kappa shape index (κ2) is 7.62. The molecule has 0 atom stereocenters. The number of rotatable bonds is 6. The minimum atomic E-state index is -3.61. The first kappa shape index (κ1) is 18.0. The van der Waals surface area contributed by atoms with E-state index >= 15 is 0 Å². The van der Waals surface area contributed by atoms with E-state index in [0.717, 1.165) is 16.7 Å². The smallest absolute Gasteiger partial charge is 0.261 e. The second-order valence-corrected chi connectivity index (χ2v) is 7.83. The third-order valence-corrected chi connectivity index (χ3v) is 5.52. The molecule has 0 aliphatic carbocycles. The highest BCUT2D eigenvalue weighted by Gasteiger charge is 2.14. The number of hydrogen-bond donors (Lipinski definition) is 1. The van der Waals surface area contributed by atoms with Crippen LogP contribution < -0.4 is 9.46 Å². The lowest BCUT2D eigenvalue weighted by atomic mass is 10.1. The van der Waals surface area contributed by atoms with Crippen molar-refractivity contribution in [1.29, 1.82) is 0 Å². The van der Waals surface area contributed by atoms with Gasteiger partial charge in [0.15, 0.2) is 0 Å². The van der Waals surface area contributed by atoms with Crippen molar-refractivity contribution in [2.75, 3.05) is 4.72 Å². The molecule has 0 spiro atoms. The topological polar surface area (TPSA) is 55.4 Å². The highest BCUT2D eigenvalue weighted by atomic mass is 32.2. The van der Waals surface area contributed by atoms with E-state index in [4.69, 9.17) is 4.74 Å². The Morgan fingerprint density at radius 2 is 1.54 bits per heavy atom. The molecule has 3 aromatic carbocycles. The third kappa shape index (κ3) is 4.43. The summed E-state index contributed by atoms with van der Waals surface area (Å²) in [6, 6.07) is 21.9. The molecule has 0 bridgehead atoms. The molecule has 0 aromatic heterocycles. The predicted molar refractivity (Wildman–Crippen MR) is 104 cm³/mol. The van der Waals surface area contributed by atoms with Crippen LogP contribution in [-0.2, 0) is 16.6 Å². The molecule has 0 amide bonds. The molecule has 0 saturated heterocycles. The number of benzene rings is 3. The van der Waals surface area contributed by atoms with Crippen molar-refractivity contribution in [3.8, 4) is 5.75 Å². The SMILES string of the molecule is Cc1ccc(S(=O)(=O)Nc2ccc(OCc3ccccc3)cc2)cc1C. The van der Waals surface area contributed by atoms with Crippen LogP contribution in [0.3, 0.4) is 0 Å². The second-order valence-electron chi connectivity index (χ2n) is 6.15. The van der Waals surface area contributed by atoms with Gasteiger partial charge in [-0.25, -0.2) is 8.42 Å². The summed E-state index contributed by atoms with van der Waals surface area (Å²) in [5, 5.41) is 0. The molecule has 26 heavy (non-hydrogen) atoms. The van der Waals surface area contributed by atoms with E-state index in [0.29, 0.717) is 18.0 Å². The molecule has 0 aliphatic heterocycles. The Labute approximate surface area is 154 Å². The lowest BCUT2D eigenvalue weighted by molar-refractivity contribution is 0.306. The maximum absolute atomic E-state index is 12.5. The summed E-state index contributed by atoms with van der Waals surface area (Å²) in [4.78, 5) is 0.255. The molecule has 0 fully saturated rings. The van der Waals surface area contributed by atoms with Gasteiger partial charge in [-0.15, -0.1) is 0 Å². The van der Waals surface area contributed by atoms with Crippen LogP contribution in [0.1, 0.15) is 16.7 Å². The third-order valence-electron chi connectivity index (χ3n) is 4.14. The van der Waals surface area contributed by atoms with E-state index in [2.05, 4.69) is 4.72 Å². The van der Waals surface area contributed by atoms with Crippen molar-refractivity contribution in [3.63, 3.8) is 0 Å². The molecular formula is C21H21NO3S. The summed E-state index contributed by atoms with van der Waals surface area (Å²) in [7, 11) is -3.61. The molecule has 0 radical (unpaired) electrons. The molecule has 4 nitrogen and oxygen atoms in total. The Morgan fingerprint density at radius 1 is 0.846 bits per heavy atom. The fourth-order valence-electron chi connectivity index (χ4n) is 2.46. The molecule has 3 rings (SSSR count). The van der Waals surface area contributed by atoms with Crippen LogP contribution in [-0.4, -0.2) is 8.42 Å². The number of anilines is 1. The van der Waals surface area contributed by atoms with Gasteiger partial charge in [0.25, 0.3) is 10.0 Å². The number of nitrogens with one attached hydrogen (secondary N) is 1. The normalized spacial score (nSPS) is 11.2. The Balaban J connectivity index is 1.67. The van der Waals surface area contributed by atoms with Gasteiger partial charge < -0.3 is 4.74 Å². The molecule has 0 saturated carbocycles. The standard InChI is InChI=1S/C21H21NO3S/c1-16-8-13-21(14-17(16)2)26(23,24)22-19-9-11-20(12-10-19)25-15-18-6-4-3-5-7-18/h3-14,22H,15H2,1-2H3. The summed E-state index contributed by atoms with van der Waals surface area (Å²) in [6.45, 7) is 4.31. The fourth-order valence-corrected chi connectivity index (χ4v) is 3.60. The zero-order valence-corrected chi connectivity index (χ0v) is 15.6. The molecule has 0 aliphatic rings. The van der Waals surface area contributed by atoms with E-state index in [1.54, 1.807) is 36.4 Å². The van der Waals surface area contributed by atoms with Gasteiger partial charge in [-0.3, -0.25) is 4.72 Å². The predicted octanol–water partition coefficient (Wildman–Crippen LogP) is 4.68. The van der Waals surface area contributed by atoms with Crippen LogP contribution in [0.4, 0.5) is 5.69 Å². The van der Waals surface area contributed by atoms with Crippen LogP contribution in [0, 0.1) is 13.8 Å². The summed E-state index contributed by atoms with van der Waals surface area (Å²) >= 11 is 0. The number of sulfonamides is 1. The molecule has 5 heteroatoms. The van der Waals surface area contributed by atoms with Crippen LogP contribution in [0.5, 0.6) is 5.75 Å². The van der Waals surface area contributed by atoms with E-state index < -0.39 is 10.0 Å². The van der Waals surface area contributed by atoms with Gasteiger partial charge in [0.2, 0.25) is 0 Å². The van der Waals surface area contributed by atoms with Gasteiger partial charge in [-0.1, -0.05) is 36.4 Å². The zero-order valence-electron chi connectivity index (χ0n) is 14.8. The quantitative estimate of drug-likeness (QED) is 0.688. The molecule has 3 aromatic rings. The minimum absolute atomic E-state index is 0.255. The number of hydrogen-bond acceptors (Lipinski definition) is 3. The van der Waals surface area contributed by atoms with Gasteiger partial charge in [0, 0.05) is 5.69 Å². The van der Waals surface area contributed by atoms with Crippen molar-refractivity contribution in [2.45, 2.75) is 25.3 Å². The highest BCUT2D eigenvalue weighted by Crippen LogP contribution is 2.21. The van der Waals surface area contributed by atoms with Crippen LogP contribution in [0.25, 0.3) is 0 Å². The summed E-state index contributed by atoms with van der Waals surface area (Å²) in [5.41, 5.74) is 3.57. The summed E-state index contributed by atoms with van der Waals surface area (Å²) in [6.07, 6.45) is 0. The first-order valence-corrected chi connectivity index (χ1v) is 9.79. The van der Waals surface area contributed by atoms with E-state index in [1.807, 2.05) is 50.2 Å². The van der Waals surface area contributed by atoms with Crippen molar-refractivity contribution in [2.24, 2.45) is 0 Å². The molecule has 1 N–H and O–H groups in total. The Morgan fingerprint density at radius 3 is 2.19 bits per heavy atom. The van der Waals surface area contributed by atoms with E-state index in [1.165, 1.54) is 0 Å². The molecule has 0 unspecified atom stereocenters. The zero-order chi connectivity index (χ0) is 18.6. The summed E-state index contributed by atoms with van der Waals surface area (Å²) < 4.78 is 33.3. The Hall–Kier alpha value is -2.79.